The Hall–Kier alpha value is -2.64. The highest BCUT2D eigenvalue weighted by Gasteiger charge is 2.26. The van der Waals surface area contributed by atoms with E-state index < -0.39 is 23.0 Å². The van der Waals surface area contributed by atoms with Gasteiger partial charge in [-0.2, -0.15) is 0 Å². The van der Waals surface area contributed by atoms with Gasteiger partial charge in [-0.1, -0.05) is 29.8 Å². The summed E-state index contributed by atoms with van der Waals surface area (Å²) < 4.78 is 0. The Labute approximate surface area is 143 Å². The van der Waals surface area contributed by atoms with E-state index in [4.69, 9.17) is 17.3 Å². The van der Waals surface area contributed by atoms with Gasteiger partial charge >= 0.3 is 0 Å². The molecule has 2 aromatic rings. The minimum Gasteiger partial charge on any atom is -0.398 e. The van der Waals surface area contributed by atoms with Gasteiger partial charge < -0.3 is 16.2 Å². The normalized spacial score (nSPS) is 13.1. The molecule has 0 aliphatic rings. The van der Waals surface area contributed by atoms with E-state index in [1.54, 1.807) is 31.2 Å². The summed E-state index contributed by atoms with van der Waals surface area (Å²) in [7, 11) is 0. The number of nitro groups is 1. The zero-order chi connectivity index (χ0) is 17.9. The zero-order valence-corrected chi connectivity index (χ0v) is 13.5. The fraction of sp³-hybridized carbons (Fsp3) is 0.188. The molecule has 0 aliphatic carbocycles. The second-order valence-electron chi connectivity index (χ2n) is 5.26. The van der Waals surface area contributed by atoms with Crippen molar-refractivity contribution < 1.29 is 14.8 Å². The smallest absolute Gasteiger partial charge is 0.284 e. The van der Waals surface area contributed by atoms with Crippen LogP contribution in [0.5, 0.6) is 0 Å². The second kappa shape index (κ2) is 7.29. The summed E-state index contributed by atoms with van der Waals surface area (Å²) in [5, 5.41) is 24.4. The topological polar surface area (TPSA) is 118 Å². The Bertz CT molecular complexity index is 764. The van der Waals surface area contributed by atoms with Gasteiger partial charge in [-0.25, -0.2) is 0 Å². The van der Waals surface area contributed by atoms with Gasteiger partial charge in [-0.05, 0) is 30.7 Å². The van der Waals surface area contributed by atoms with Gasteiger partial charge in [0.1, 0.15) is 5.56 Å². The average Bonchev–Trinajstić information content (AvgIpc) is 2.54. The van der Waals surface area contributed by atoms with Crippen LogP contribution in [-0.4, -0.2) is 22.0 Å². The summed E-state index contributed by atoms with van der Waals surface area (Å²) in [5.41, 5.74) is 5.64. The number of aliphatic hydroxyl groups is 1. The number of nitro benzene ring substituents is 1. The molecular formula is C16H16ClN3O4. The van der Waals surface area contributed by atoms with E-state index in [0.29, 0.717) is 10.6 Å². The molecule has 8 heteroatoms. The highest BCUT2D eigenvalue weighted by Crippen LogP contribution is 2.25. The molecule has 0 heterocycles. The van der Waals surface area contributed by atoms with Crippen molar-refractivity contribution in [1.82, 2.24) is 5.32 Å². The lowest BCUT2D eigenvalue weighted by Crippen LogP contribution is -2.37. The molecule has 2 unspecified atom stereocenters. The lowest BCUT2D eigenvalue weighted by atomic mass is 10.0. The third-order valence-electron chi connectivity index (χ3n) is 3.54. The Morgan fingerprint density at radius 3 is 2.50 bits per heavy atom. The van der Waals surface area contributed by atoms with E-state index in [2.05, 4.69) is 5.32 Å². The maximum absolute atomic E-state index is 12.4. The lowest BCUT2D eigenvalue weighted by molar-refractivity contribution is -0.385. The molecule has 0 bridgehead atoms. The van der Waals surface area contributed by atoms with Crippen LogP contribution in [0.15, 0.2) is 42.5 Å². The Balaban J connectivity index is 2.20. The summed E-state index contributed by atoms with van der Waals surface area (Å²) in [6.07, 6.45) is -1.00. The number of carbonyl (C=O) groups is 1. The molecule has 0 aliphatic heterocycles. The van der Waals surface area contributed by atoms with Crippen LogP contribution in [-0.2, 0) is 0 Å². The third kappa shape index (κ3) is 3.81. The number of rotatable bonds is 5. The third-order valence-corrected chi connectivity index (χ3v) is 3.79. The first-order chi connectivity index (χ1) is 11.3. The Morgan fingerprint density at radius 2 is 1.92 bits per heavy atom. The first kappa shape index (κ1) is 17.7. The molecule has 1 amide bonds. The number of nitrogen functional groups attached to an aromatic ring is 1. The first-order valence-corrected chi connectivity index (χ1v) is 7.46. The molecule has 0 radical (unpaired) electrons. The molecule has 0 spiro atoms. The van der Waals surface area contributed by atoms with Crippen LogP contribution >= 0.6 is 11.6 Å². The Morgan fingerprint density at radius 1 is 1.29 bits per heavy atom. The molecule has 0 fully saturated rings. The van der Waals surface area contributed by atoms with E-state index in [1.165, 1.54) is 18.2 Å². The zero-order valence-electron chi connectivity index (χ0n) is 12.8. The molecule has 2 atom stereocenters. The number of halogens is 1. The summed E-state index contributed by atoms with van der Waals surface area (Å²) in [5.74, 6) is -0.722. The van der Waals surface area contributed by atoms with Gasteiger partial charge in [0.25, 0.3) is 11.6 Å². The lowest BCUT2D eigenvalue weighted by Gasteiger charge is -2.21. The molecule has 2 aromatic carbocycles. The van der Waals surface area contributed by atoms with E-state index >= 15 is 0 Å². The molecule has 126 valence electrons. The number of benzene rings is 2. The average molecular weight is 350 g/mol. The van der Waals surface area contributed by atoms with Crippen LogP contribution in [0.1, 0.15) is 28.9 Å². The number of hydrogen-bond donors (Lipinski definition) is 3. The summed E-state index contributed by atoms with van der Waals surface area (Å²) in [6, 6.07) is 9.81. The molecule has 0 saturated carbocycles. The Kier molecular flexibility index (Phi) is 5.38. The van der Waals surface area contributed by atoms with Gasteiger partial charge in [-0.15, -0.1) is 0 Å². The fourth-order valence-electron chi connectivity index (χ4n) is 2.26. The number of aliphatic hydroxyl groups excluding tert-OH is 1. The largest absolute Gasteiger partial charge is 0.398 e. The molecule has 24 heavy (non-hydrogen) atoms. The minimum atomic E-state index is -1.00. The van der Waals surface area contributed by atoms with Gasteiger partial charge in [-0.3, -0.25) is 14.9 Å². The van der Waals surface area contributed by atoms with Crippen molar-refractivity contribution in [3.05, 3.63) is 68.7 Å². The summed E-state index contributed by atoms with van der Waals surface area (Å²) in [4.78, 5) is 22.7. The highest BCUT2D eigenvalue weighted by atomic mass is 35.5. The van der Waals surface area contributed by atoms with E-state index in [9.17, 15) is 20.0 Å². The molecular weight excluding hydrogens is 334 g/mol. The van der Waals surface area contributed by atoms with Crippen molar-refractivity contribution in [3.63, 3.8) is 0 Å². The molecule has 0 aromatic heterocycles. The van der Waals surface area contributed by atoms with Crippen LogP contribution in [0.3, 0.4) is 0 Å². The van der Waals surface area contributed by atoms with Gasteiger partial charge in [0.05, 0.1) is 22.8 Å². The number of nitrogens with one attached hydrogen (secondary N) is 1. The van der Waals surface area contributed by atoms with Crippen molar-refractivity contribution in [2.75, 3.05) is 5.73 Å². The van der Waals surface area contributed by atoms with Crippen molar-refractivity contribution in [3.8, 4) is 0 Å². The monoisotopic (exact) mass is 349 g/mol. The van der Waals surface area contributed by atoms with Gasteiger partial charge in [0.15, 0.2) is 0 Å². The molecule has 4 N–H and O–H groups in total. The first-order valence-electron chi connectivity index (χ1n) is 7.08. The number of nitrogens with two attached hydrogens (primary N) is 1. The predicted octanol–water partition coefficient (Wildman–Crippen LogP) is 2.68. The van der Waals surface area contributed by atoms with Crippen LogP contribution in [0.2, 0.25) is 5.02 Å². The quantitative estimate of drug-likeness (QED) is 0.435. The SMILES string of the molecule is CC(NC(=O)c1c(N)cccc1[N+](=O)[O-])C(O)c1ccc(Cl)cc1. The van der Waals surface area contributed by atoms with E-state index in [1.807, 2.05) is 0 Å². The molecule has 7 nitrogen and oxygen atoms in total. The number of amides is 1. The summed E-state index contributed by atoms with van der Waals surface area (Å²) in [6.45, 7) is 1.59. The second-order valence-corrected chi connectivity index (χ2v) is 5.69. The van der Waals surface area contributed by atoms with Crippen LogP contribution in [0.25, 0.3) is 0 Å². The van der Waals surface area contributed by atoms with Crippen LogP contribution in [0.4, 0.5) is 11.4 Å². The van der Waals surface area contributed by atoms with Crippen LogP contribution in [0, 0.1) is 10.1 Å². The van der Waals surface area contributed by atoms with E-state index in [-0.39, 0.29) is 16.9 Å². The van der Waals surface area contributed by atoms with Crippen LogP contribution < -0.4 is 11.1 Å². The minimum absolute atomic E-state index is 0.00474. The van der Waals surface area contributed by atoms with Crippen molar-refractivity contribution >= 4 is 28.9 Å². The predicted molar refractivity (Wildman–Crippen MR) is 90.8 cm³/mol. The van der Waals surface area contributed by atoms with Gasteiger partial charge in [0.2, 0.25) is 0 Å². The van der Waals surface area contributed by atoms with Crippen molar-refractivity contribution in [1.29, 1.82) is 0 Å². The van der Waals surface area contributed by atoms with E-state index in [0.717, 1.165) is 0 Å². The molecule has 0 saturated heterocycles. The molecule has 2 rings (SSSR count). The highest BCUT2D eigenvalue weighted by molar-refractivity contribution is 6.30. The van der Waals surface area contributed by atoms with Crippen molar-refractivity contribution in [2.24, 2.45) is 0 Å². The standard InChI is InChI=1S/C16H16ClN3O4/c1-9(15(21)10-5-7-11(17)8-6-10)19-16(22)14-12(18)3-2-4-13(14)20(23)24/h2-9,15,21H,18H2,1H3,(H,19,22). The fourth-order valence-corrected chi connectivity index (χ4v) is 2.39. The summed E-state index contributed by atoms with van der Waals surface area (Å²) >= 11 is 5.80. The van der Waals surface area contributed by atoms with Crippen molar-refractivity contribution in [2.45, 2.75) is 19.1 Å². The number of carbonyl (C=O) groups excluding carboxylic acids is 1. The number of nitrogens with zero attached hydrogens (tertiary/aromatic N) is 1. The maximum atomic E-state index is 12.4. The number of hydrogen-bond acceptors (Lipinski definition) is 5. The maximum Gasteiger partial charge on any atom is 0.284 e. The number of anilines is 1. The van der Waals surface area contributed by atoms with Gasteiger partial charge in [0, 0.05) is 11.1 Å².